The maximum atomic E-state index is 12.7. The van der Waals surface area contributed by atoms with E-state index in [0.29, 0.717) is 29.6 Å². The summed E-state index contributed by atoms with van der Waals surface area (Å²) in [5, 5.41) is 12.5. The van der Waals surface area contributed by atoms with Crippen molar-refractivity contribution >= 4 is 39.5 Å². The summed E-state index contributed by atoms with van der Waals surface area (Å²) in [6.07, 6.45) is 3.22. The monoisotopic (exact) mass is 546 g/mol. The predicted molar refractivity (Wildman–Crippen MR) is 140 cm³/mol. The Labute approximate surface area is 217 Å². The first-order valence-electron chi connectivity index (χ1n) is 12.1. The number of nitrogens with zero attached hydrogens (tertiary/aromatic N) is 4. The van der Waals surface area contributed by atoms with Crippen molar-refractivity contribution in [1.82, 2.24) is 19.5 Å². The largest absolute Gasteiger partial charge is 0.695 e. The van der Waals surface area contributed by atoms with Gasteiger partial charge in [-0.2, -0.15) is 0 Å². The van der Waals surface area contributed by atoms with Gasteiger partial charge in [-0.1, -0.05) is 32.0 Å². The third-order valence-corrected chi connectivity index (χ3v) is 11.7. The molecule has 4 N–H and O–H groups in total. The maximum Gasteiger partial charge on any atom is 0.695 e. The van der Waals surface area contributed by atoms with E-state index in [2.05, 4.69) is 20.3 Å². The van der Waals surface area contributed by atoms with Gasteiger partial charge >= 0.3 is 8.25 Å². The molecule has 1 aromatic carbocycles. The Kier molecular flexibility index (Phi) is 7.89. The molecule has 2 aromatic heterocycles. The highest BCUT2D eigenvalue weighted by atomic mass is 31.1. The number of aliphatic hydroxyl groups excluding tert-OH is 1. The van der Waals surface area contributed by atoms with Crippen molar-refractivity contribution in [3.05, 3.63) is 48.5 Å². The molecule has 5 atom stereocenters. The number of rotatable bonds is 9. The van der Waals surface area contributed by atoms with E-state index in [0.717, 1.165) is 0 Å². The topological polar surface area (TPSA) is 160 Å². The van der Waals surface area contributed by atoms with Crippen LogP contribution in [0.25, 0.3) is 11.2 Å². The summed E-state index contributed by atoms with van der Waals surface area (Å²) in [5.74, 6) is -0.767. The Morgan fingerprint density at radius 1 is 1.24 bits per heavy atom. The Morgan fingerprint density at radius 2 is 1.95 bits per heavy atom. The second-order valence-electron chi connectivity index (χ2n) is 10.7. The molecule has 1 aliphatic rings. The number of aliphatic hydroxyl groups is 1. The highest BCUT2D eigenvalue weighted by Gasteiger charge is 2.53. The van der Waals surface area contributed by atoms with Gasteiger partial charge in [-0.05, 0) is 43.1 Å². The lowest BCUT2D eigenvalue weighted by Crippen LogP contribution is -2.42. The molecule has 0 spiro atoms. The minimum absolute atomic E-state index is 0.221. The number of imidazole rings is 1. The molecule has 13 heteroatoms. The molecule has 2 heterocycles. The summed E-state index contributed by atoms with van der Waals surface area (Å²) in [7, 11) is -5.53. The zero-order chi connectivity index (χ0) is 27.0. The zero-order valence-electron chi connectivity index (χ0n) is 21.3. The fraction of sp³-hybridized carbons (Fsp3) is 0.500. The highest BCUT2D eigenvalue weighted by molar-refractivity contribution is 7.32. The predicted octanol–water partition coefficient (Wildman–Crippen LogP) is 3.65. The molecule has 4 rings (SSSR count). The van der Waals surface area contributed by atoms with Gasteiger partial charge in [0.1, 0.15) is 12.4 Å². The highest BCUT2D eigenvalue weighted by Crippen LogP contribution is 2.53. The lowest BCUT2D eigenvalue weighted by atomic mass is 9.89. The molecule has 1 fully saturated rings. The Bertz CT molecular complexity index is 1280. The molecule has 1 amide bonds. The first-order chi connectivity index (χ1) is 17.4. The zero-order valence-corrected chi connectivity index (χ0v) is 23.2. The van der Waals surface area contributed by atoms with Crippen LogP contribution in [-0.2, 0) is 9.09 Å². The molecule has 1 aliphatic carbocycles. The summed E-state index contributed by atoms with van der Waals surface area (Å²) in [6.45, 7) is 7.49. The molecule has 0 bridgehead atoms. The van der Waals surface area contributed by atoms with Gasteiger partial charge < -0.3 is 19.8 Å². The summed E-state index contributed by atoms with van der Waals surface area (Å²) >= 11 is 0. The summed E-state index contributed by atoms with van der Waals surface area (Å²) in [6, 6.07) is 8.48. The number of fused-ring (bicyclic) bond motifs is 1. The smallest absolute Gasteiger partial charge is 0.432 e. The molecular formula is C24H33N5O6PSi+. The Hall–Kier alpha value is -2.60. The minimum atomic E-state index is -2.90. The molecule has 0 aliphatic heterocycles. The molecule has 3 aromatic rings. The van der Waals surface area contributed by atoms with Crippen molar-refractivity contribution in [2.75, 3.05) is 11.9 Å². The molecule has 0 saturated heterocycles. The normalized spacial score (nSPS) is 22.8. The number of carbonyl (C=O) groups is 1. The number of hydrogen-bond donors (Lipinski definition) is 4. The fourth-order valence-electron chi connectivity index (χ4n) is 5.00. The number of hydrogen-bond acceptors (Lipinski definition) is 8. The van der Waals surface area contributed by atoms with Crippen molar-refractivity contribution in [2.45, 2.75) is 57.0 Å². The van der Waals surface area contributed by atoms with Crippen LogP contribution in [0.1, 0.15) is 43.1 Å². The summed E-state index contributed by atoms with van der Waals surface area (Å²) in [5.41, 5.74) is 1.36. The molecule has 11 nitrogen and oxygen atoms in total. The lowest BCUT2D eigenvalue weighted by Gasteiger charge is -2.39. The number of aromatic nitrogens is 4. The third-order valence-electron chi connectivity index (χ3n) is 7.76. The van der Waals surface area contributed by atoms with Crippen molar-refractivity contribution in [3.63, 3.8) is 0 Å². The molecule has 1 saturated carbocycles. The van der Waals surface area contributed by atoms with Crippen LogP contribution in [0, 0.1) is 11.8 Å². The third kappa shape index (κ3) is 5.64. The van der Waals surface area contributed by atoms with E-state index in [1.165, 1.54) is 6.33 Å². The van der Waals surface area contributed by atoms with Crippen molar-refractivity contribution in [1.29, 1.82) is 0 Å². The van der Waals surface area contributed by atoms with Gasteiger partial charge in [0.2, 0.25) is 0 Å². The van der Waals surface area contributed by atoms with Crippen LogP contribution < -0.4 is 5.32 Å². The van der Waals surface area contributed by atoms with Crippen LogP contribution in [0.15, 0.2) is 43.0 Å². The molecule has 198 valence electrons. The number of nitrogens with one attached hydrogen (secondary N) is 1. The number of amides is 1. The first kappa shape index (κ1) is 27.4. The van der Waals surface area contributed by atoms with Gasteiger partial charge in [-0.15, -0.1) is 9.42 Å². The first-order valence-corrected chi connectivity index (χ1v) is 16.2. The number of benzene rings is 1. The Morgan fingerprint density at radius 3 is 2.57 bits per heavy atom. The van der Waals surface area contributed by atoms with Crippen molar-refractivity contribution in [2.24, 2.45) is 11.8 Å². The second-order valence-corrected chi connectivity index (χ2v) is 15.9. The van der Waals surface area contributed by atoms with Crippen LogP contribution in [-0.4, -0.2) is 61.3 Å². The van der Waals surface area contributed by atoms with Crippen LogP contribution in [0.2, 0.25) is 18.1 Å². The average molecular weight is 547 g/mol. The average Bonchev–Trinajstić information content (AvgIpc) is 3.40. The van der Waals surface area contributed by atoms with Gasteiger partial charge in [0.25, 0.3) is 5.91 Å². The molecule has 1 unspecified atom stereocenters. The van der Waals surface area contributed by atoms with Crippen LogP contribution in [0.3, 0.4) is 0 Å². The van der Waals surface area contributed by atoms with Crippen LogP contribution >= 0.6 is 8.25 Å². The number of carbonyl (C=O) groups excluding carboxylic acids is 1. The summed E-state index contributed by atoms with van der Waals surface area (Å²) in [4.78, 5) is 46.4. The van der Waals surface area contributed by atoms with E-state index in [-0.39, 0.29) is 30.3 Å². The molecule has 0 radical (unpaired) electrons. The SMILES string of the molecule is CC(C)(C[C@@H]1[C@H](O[P+](=O)O)[C@@H](CO)C[C@H]1n1cnc2c(NC(=O)c3ccccc3)ncnc21)[Si](C)(C)O. The van der Waals surface area contributed by atoms with Gasteiger partial charge in [0.05, 0.1) is 6.33 Å². The van der Waals surface area contributed by atoms with Crippen LogP contribution in [0.4, 0.5) is 5.82 Å². The second kappa shape index (κ2) is 10.6. The summed E-state index contributed by atoms with van der Waals surface area (Å²) < 4.78 is 19.0. The van der Waals surface area contributed by atoms with E-state index >= 15 is 0 Å². The van der Waals surface area contributed by atoms with Gasteiger partial charge in [0.15, 0.2) is 25.3 Å². The van der Waals surface area contributed by atoms with Crippen molar-refractivity contribution in [3.8, 4) is 0 Å². The van der Waals surface area contributed by atoms with Gasteiger partial charge in [-0.3, -0.25) is 4.79 Å². The van der Waals surface area contributed by atoms with Crippen molar-refractivity contribution < 1.29 is 28.7 Å². The Balaban J connectivity index is 1.72. The number of anilines is 1. The lowest BCUT2D eigenvalue weighted by molar-refractivity contribution is 0.0674. The van der Waals surface area contributed by atoms with E-state index in [1.807, 2.05) is 37.6 Å². The van der Waals surface area contributed by atoms with Crippen LogP contribution in [0.5, 0.6) is 0 Å². The van der Waals surface area contributed by atoms with Gasteiger partial charge in [-0.25, -0.2) is 15.0 Å². The molecule has 37 heavy (non-hydrogen) atoms. The van der Waals surface area contributed by atoms with E-state index in [4.69, 9.17) is 4.52 Å². The van der Waals surface area contributed by atoms with Gasteiger partial charge in [0, 0.05) is 34.6 Å². The quantitative estimate of drug-likeness (QED) is 0.232. The maximum absolute atomic E-state index is 12.7. The fourth-order valence-corrected chi connectivity index (χ4v) is 6.27. The molecular weight excluding hydrogens is 513 g/mol. The standard InChI is InChI=1S/C24H32N5O6PSi/c1-24(2,37(3,4)34)11-17-18(10-16(12-30)20(17)35-36(32)33)29-14-27-19-21(25-13-26-22(19)29)28-23(31)15-8-6-5-7-9-15/h5-9,13-14,16-18,20,30,34H,10-12H2,1-4H3,(H-,25,26,28,31,32,33)/p+1/t16-,17+,18-,20-/m1/s1. The van der Waals surface area contributed by atoms with E-state index in [9.17, 15) is 24.2 Å². The minimum Gasteiger partial charge on any atom is -0.432 e. The van der Waals surface area contributed by atoms with E-state index in [1.54, 1.807) is 30.6 Å². The van der Waals surface area contributed by atoms with E-state index < -0.39 is 33.6 Å².